The number of nitro benzene ring substituents is 1. The zero-order valence-electron chi connectivity index (χ0n) is 11.9. The molecule has 0 radical (unpaired) electrons. The molecule has 1 atom stereocenters. The van der Waals surface area contributed by atoms with Crippen LogP contribution < -0.4 is 4.74 Å². The standard InChI is InChI=1S/C14H19NO5/c1-4-5-6-12(14(16)17)20-13-8-9(2)11(15(18)19)7-10(13)3/h7-8,12H,4-6H2,1-3H3,(H,16,17). The molecular formula is C14H19NO5. The van der Waals surface area contributed by atoms with Crippen LogP contribution in [0.4, 0.5) is 5.69 Å². The van der Waals surface area contributed by atoms with Gasteiger partial charge in [-0.15, -0.1) is 0 Å². The number of hydrogen-bond acceptors (Lipinski definition) is 4. The van der Waals surface area contributed by atoms with Gasteiger partial charge in [0.2, 0.25) is 0 Å². The van der Waals surface area contributed by atoms with E-state index >= 15 is 0 Å². The summed E-state index contributed by atoms with van der Waals surface area (Å²) in [5, 5.41) is 20.0. The SMILES string of the molecule is CCCCC(Oc1cc(C)c([N+](=O)[O-])cc1C)C(=O)O. The Hall–Kier alpha value is -2.11. The van der Waals surface area contributed by atoms with Crippen molar-refractivity contribution in [3.05, 3.63) is 33.4 Å². The lowest BCUT2D eigenvalue weighted by atomic mass is 10.1. The number of carboxylic acids is 1. The summed E-state index contributed by atoms with van der Waals surface area (Å²) in [6.45, 7) is 5.24. The molecule has 0 aliphatic heterocycles. The Morgan fingerprint density at radius 2 is 2.05 bits per heavy atom. The average Bonchev–Trinajstić information content (AvgIpc) is 2.37. The number of benzene rings is 1. The first kappa shape index (κ1) is 15.9. The largest absolute Gasteiger partial charge is 0.479 e. The number of unbranched alkanes of at least 4 members (excludes halogenated alkanes) is 1. The first-order valence-electron chi connectivity index (χ1n) is 6.52. The van der Waals surface area contributed by atoms with Crippen LogP contribution in [0.5, 0.6) is 5.75 Å². The third kappa shape index (κ3) is 3.94. The van der Waals surface area contributed by atoms with E-state index in [4.69, 9.17) is 9.84 Å². The quantitative estimate of drug-likeness (QED) is 0.612. The van der Waals surface area contributed by atoms with Gasteiger partial charge in [-0.3, -0.25) is 10.1 Å². The second-order valence-electron chi connectivity index (χ2n) is 4.75. The second kappa shape index (κ2) is 6.88. The highest BCUT2D eigenvalue weighted by molar-refractivity contribution is 5.72. The Morgan fingerprint density at radius 3 is 2.55 bits per heavy atom. The molecule has 0 bridgehead atoms. The van der Waals surface area contributed by atoms with Crippen molar-refractivity contribution in [3.8, 4) is 5.75 Å². The molecule has 0 amide bonds. The zero-order chi connectivity index (χ0) is 15.3. The molecule has 6 nitrogen and oxygen atoms in total. The minimum absolute atomic E-state index is 0.00952. The summed E-state index contributed by atoms with van der Waals surface area (Å²) in [5.41, 5.74) is 1.02. The van der Waals surface area contributed by atoms with E-state index in [1.165, 1.54) is 12.1 Å². The number of aryl methyl sites for hydroxylation is 2. The monoisotopic (exact) mass is 281 g/mol. The van der Waals surface area contributed by atoms with Crippen LogP contribution in [0, 0.1) is 24.0 Å². The normalized spacial score (nSPS) is 11.9. The molecule has 20 heavy (non-hydrogen) atoms. The third-order valence-corrected chi connectivity index (χ3v) is 3.05. The van der Waals surface area contributed by atoms with Crippen LogP contribution in [0.15, 0.2) is 12.1 Å². The highest BCUT2D eigenvalue weighted by Gasteiger charge is 2.21. The molecular weight excluding hydrogens is 262 g/mol. The Morgan fingerprint density at radius 1 is 1.40 bits per heavy atom. The maximum Gasteiger partial charge on any atom is 0.344 e. The van der Waals surface area contributed by atoms with Gasteiger partial charge in [0.25, 0.3) is 5.69 Å². The molecule has 1 aromatic rings. The molecule has 0 saturated heterocycles. The molecule has 1 rings (SSSR count). The van der Waals surface area contributed by atoms with E-state index < -0.39 is 17.0 Å². The molecule has 1 unspecified atom stereocenters. The zero-order valence-corrected chi connectivity index (χ0v) is 11.9. The van der Waals surface area contributed by atoms with Gasteiger partial charge in [0.15, 0.2) is 6.10 Å². The van der Waals surface area contributed by atoms with Crippen molar-refractivity contribution in [2.75, 3.05) is 0 Å². The number of hydrogen-bond donors (Lipinski definition) is 1. The predicted molar refractivity (Wildman–Crippen MR) is 74.1 cm³/mol. The maximum absolute atomic E-state index is 11.1. The lowest BCUT2D eigenvalue weighted by Gasteiger charge is -2.17. The molecule has 1 N–H and O–H groups in total. The predicted octanol–water partition coefficient (Wildman–Crippen LogP) is 3.23. The van der Waals surface area contributed by atoms with Crippen molar-refractivity contribution in [1.82, 2.24) is 0 Å². The average molecular weight is 281 g/mol. The van der Waals surface area contributed by atoms with Gasteiger partial charge in [0, 0.05) is 11.6 Å². The summed E-state index contributed by atoms with van der Waals surface area (Å²) >= 11 is 0. The van der Waals surface area contributed by atoms with Crippen LogP contribution in [0.2, 0.25) is 0 Å². The molecule has 0 aliphatic rings. The van der Waals surface area contributed by atoms with Crippen LogP contribution in [-0.4, -0.2) is 22.1 Å². The van der Waals surface area contributed by atoms with Gasteiger partial charge >= 0.3 is 5.97 Å². The molecule has 110 valence electrons. The van der Waals surface area contributed by atoms with Crippen molar-refractivity contribution < 1.29 is 19.6 Å². The fraction of sp³-hybridized carbons (Fsp3) is 0.500. The molecule has 0 spiro atoms. The highest BCUT2D eigenvalue weighted by Crippen LogP contribution is 2.28. The molecule has 1 aromatic carbocycles. The van der Waals surface area contributed by atoms with E-state index in [1.807, 2.05) is 6.92 Å². The Balaban J connectivity index is 2.98. The van der Waals surface area contributed by atoms with Crippen LogP contribution in [0.3, 0.4) is 0 Å². The Kier molecular flexibility index (Phi) is 5.49. The number of nitrogens with zero attached hydrogens (tertiary/aromatic N) is 1. The van der Waals surface area contributed by atoms with E-state index in [0.717, 1.165) is 12.8 Å². The summed E-state index contributed by atoms with van der Waals surface area (Å²) < 4.78 is 5.50. The van der Waals surface area contributed by atoms with Gasteiger partial charge < -0.3 is 9.84 Å². The van der Waals surface area contributed by atoms with E-state index in [9.17, 15) is 14.9 Å². The molecule has 0 heterocycles. The summed E-state index contributed by atoms with van der Waals surface area (Å²) in [4.78, 5) is 21.5. The highest BCUT2D eigenvalue weighted by atomic mass is 16.6. The minimum Gasteiger partial charge on any atom is -0.479 e. The molecule has 0 aliphatic carbocycles. The maximum atomic E-state index is 11.1. The Bertz CT molecular complexity index is 513. The van der Waals surface area contributed by atoms with Crippen molar-refractivity contribution >= 4 is 11.7 Å². The Labute approximate surface area is 117 Å². The summed E-state index contributed by atoms with van der Waals surface area (Å²) in [6.07, 6.45) is 1.13. The first-order chi connectivity index (χ1) is 9.36. The summed E-state index contributed by atoms with van der Waals surface area (Å²) in [6, 6.07) is 2.93. The number of rotatable bonds is 7. The third-order valence-electron chi connectivity index (χ3n) is 3.05. The minimum atomic E-state index is -1.02. The van der Waals surface area contributed by atoms with Gasteiger partial charge in [-0.1, -0.05) is 13.3 Å². The lowest BCUT2D eigenvalue weighted by molar-refractivity contribution is -0.385. The summed E-state index contributed by atoms with van der Waals surface area (Å²) in [5.74, 6) is -0.634. The van der Waals surface area contributed by atoms with Crippen LogP contribution >= 0.6 is 0 Å². The number of carboxylic acid groups (broad SMARTS) is 1. The summed E-state index contributed by atoms with van der Waals surface area (Å²) in [7, 11) is 0. The van der Waals surface area contributed by atoms with E-state index in [2.05, 4.69) is 0 Å². The van der Waals surface area contributed by atoms with Crippen molar-refractivity contribution in [3.63, 3.8) is 0 Å². The number of aliphatic carboxylic acids is 1. The number of carbonyl (C=O) groups is 1. The van der Waals surface area contributed by atoms with Gasteiger partial charge in [-0.25, -0.2) is 4.79 Å². The number of ether oxygens (including phenoxy) is 1. The van der Waals surface area contributed by atoms with E-state index in [-0.39, 0.29) is 5.69 Å². The van der Waals surface area contributed by atoms with Crippen molar-refractivity contribution in [2.24, 2.45) is 0 Å². The van der Waals surface area contributed by atoms with Crippen LogP contribution in [0.1, 0.15) is 37.3 Å². The molecule has 0 aromatic heterocycles. The first-order valence-corrected chi connectivity index (χ1v) is 6.52. The van der Waals surface area contributed by atoms with Gasteiger partial charge in [-0.05, 0) is 38.3 Å². The fourth-order valence-electron chi connectivity index (χ4n) is 1.87. The molecule has 0 fully saturated rings. The molecule has 0 saturated carbocycles. The van der Waals surface area contributed by atoms with E-state index in [0.29, 0.717) is 23.3 Å². The van der Waals surface area contributed by atoms with Crippen LogP contribution in [0.25, 0.3) is 0 Å². The van der Waals surface area contributed by atoms with Gasteiger partial charge in [-0.2, -0.15) is 0 Å². The number of nitro groups is 1. The van der Waals surface area contributed by atoms with Crippen LogP contribution in [-0.2, 0) is 4.79 Å². The van der Waals surface area contributed by atoms with Crippen molar-refractivity contribution in [1.29, 1.82) is 0 Å². The van der Waals surface area contributed by atoms with E-state index in [1.54, 1.807) is 13.8 Å². The van der Waals surface area contributed by atoms with Crippen molar-refractivity contribution in [2.45, 2.75) is 46.1 Å². The topological polar surface area (TPSA) is 89.7 Å². The fourth-order valence-corrected chi connectivity index (χ4v) is 1.87. The lowest BCUT2D eigenvalue weighted by Crippen LogP contribution is -2.27. The molecule has 6 heteroatoms. The second-order valence-corrected chi connectivity index (χ2v) is 4.75. The smallest absolute Gasteiger partial charge is 0.344 e. The van der Waals surface area contributed by atoms with Gasteiger partial charge in [0.05, 0.1) is 4.92 Å². The van der Waals surface area contributed by atoms with Gasteiger partial charge in [0.1, 0.15) is 5.75 Å².